The lowest BCUT2D eigenvalue weighted by Gasteiger charge is -2.33. The van der Waals surface area contributed by atoms with Crippen LogP contribution in [-0.2, 0) is 18.4 Å². The number of carbonyl (C=O) groups is 2. The quantitative estimate of drug-likeness (QED) is 0.361. The second-order valence-electron chi connectivity index (χ2n) is 8.77. The third-order valence-corrected chi connectivity index (χ3v) is 6.77. The highest BCUT2D eigenvalue weighted by atomic mass is 79.9. The Morgan fingerprint density at radius 2 is 1.95 bits per heavy atom. The lowest BCUT2D eigenvalue weighted by Crippen LogP contribution is -2.47. The highest BCUT2D eigenvalue weighted by Gasteiger charge is 2.18. The Hall–Kier alpha value is -3.28. The number of ether oxygens (including phenoxy) is 1. The summed E-state index contributed by atoms with van der Waals surface area (Å²) in [5.41, 5.74) is 2.86. The molecule has 1 aliphatic rings. The molecule has 2 heterocycles. The predicted molar refractivity (Wildman–Crippen MR) is 143 cm³/mol. The van der Waals surface area contributed by atoms with Gasteiger partial charge >= 0.3 is 6.03 Å². The van der Waals surface area contributed by atoms with E-state index in [1.807, 2.05) is 19.2 Å². The van der Waals surface area contributed by atoms with Crippen LogP contribution in [0.4, 0.5) is 14.9 Å². The van der Waals surface area contributed by atoms with E-state index in [2.05, 4.69) is 41.5 Å². The Balaban J connectivity index is 1.40. The van der Waals surface area contributed by atoms with E-state index in [0.29, 0.717) is 30.2 Å². The molecule has 0 bridgehead atoms. The van der Waals surface area contributed by atoms with Crippen molar-refractivity contribution in [1.82, 2.24) is 24.9 Å². The van der Waals surface area contributed by atoms with Crippen LogP contribution in [0.1, 0.15) is 5.56 Å². The number of aromatic nitrogens is 2. The molecule has 0 unspecified atom stereocenters. The minimum atomic E-state index is -0.401. The third-order valence-electron chi connectivity index (χ3n) is 6.19. The van der Waals surface area contributed by atoms with E-state index in [9.17, 15) is 14.0 Å². The number of nitrogens with zero attached hydrogens (tertiary/aromatic N) is 4. The molecule has 2 N–H and O–H groups in total. The van der Waals surface area contributed by atoms with Crippen molar-refractivity contribution in [2.75, 3.05) is 51.2 Å². The lowest BCUT2D eigenvalue weighted by atomic mass is 10.1. The Labute approximate surface area is 223 Å². The Kier molecular flexibility index (Phi) is 9.26. The van der Waals surface area contributed by atoms with Crippen LogP contribution >= 0.6 is 15.9 Å². The van der Waals surface area contributed by atoms with E-state index in [4.69, 9.17) is 4.74 Å². The fourth-order valence-corrected chi connectivity index (χ4v) is 4.78. The zero-order valence-electron chi connectivity index (χ0n) is 20.6. The highest BCUT2D eigenvalue weighted by Crippen LogP contribution is 2.36. The van der Waals surface area contributed by atoms with Gasteiger partial charge in [0.25, 0.3) is 0 Å². The molecule has 11 heteroatoms. The molecule has 2 amide bonds. The smallest absolute Gasteiger partial charge is 0.319 e. The first-order valence-corrected chi connectivity index (χ1v) is 12.8. The monoisotopic (exact) mass is 572 g/mol. The highest BCUT2D eigenvalue weighted by molar-refractivity contribution is 9.10. The number of urea groups is 1. The third kappa shape index (κ3) is 7.37. The summed E-state index contributed by atoms with van der Waals surface area (Å²) in [5.74, 6) is 0.330. The zero-order valence-corrected chi connectivity index (χ0v) is 22.2. The minimum absolute atomic E-state index is 0.203. The molecule has 9 nitrogen and oxygen atoms in total. The Morgan fingerprint density at radius 3 is 2.65 bits per heavy atom. The number of hydrogen-bond acceptors (Lipinski definition) is 6. The summed E-state index contributed by atoms with van der Waals surface area (Å²) in [6.45, 7) is 5.47. The van der Waals surface area contributed by atoms with Gasteiger partial charge in [-0.1, -0.05) is 12.1 Å². The first-order chi connectivity index (χ1) is 17.9. The molecule has 196 valence electrons. The normalized spacial score (nSPS) is 14.4. The number of piperazine rings is 1. The maximum atomic E-state index is 13.4. The number of rotatable bonds is 10. The number of amides is 2. The first-order valence-electron chi connectivity index (χ1n) is 12.1. The number of hydrogen-bond donors (Lipinski definition) is 2. The molecule has 37 heavy (non-hydrogen) atoms. The van der Waals surface area contributed by atoms with Crippen LogP contribution in [0.15, 0.2) is 53.1 Å². The van der Waals surface area contributed by atoms with Gasteiger partial charge in [0.1, 0.15) is 24.5 Å². The second-order valence-corrected chi connectivity index (χ2v) is 9.62. The molecular weight excluding hydrogens is 543 g/mol. The van der Waals surface area contributed by atoms with Crippen molar-refractivity contribution in [2.45, 2.75) is 6.54 Å². The van der Waals surface area contributed by atoms with Gasteiger partial charge < -0.3 is 20.2 Å². The molecule has 1 fully saturated rings. The van der Waals surface area contributed by atoms with E-state index in [1.165, 1.54) is 12.1 Å². The van der Waals surface area contributed by atoms with Gasteiger partial charge in [0.05, 0.1) is 22.9 Å². The average molecular weight is 573 g/mol. The number of nitrogens with one attached hydrogen (secondary N) is 2. The molecule has 1 aromatic heterocycles. The minimum Gasteiger partial charge on any atom is -0.492 e. The standard InChI is InChI=1S/C26H30BrFN6O3/c1-32-25(23(27)18-30-32)22-16-21(31-26(36)29-17-19-3-2-4-20(28)15-19)5-6-24(22)37-14-12-34-9-7-33(8-10-34)11-13-35/h2-6,13,15-16,18H,7-12,14,17H2,1H3,(H2,29,31,36). The summed E-state index contributed by atoms with van der Waals surface area (Å²) in [5, 5.41) is 9.90. The van der Waals surface area contributed by atoms with E-state index < -0.39 is 6.03 Å². The topological polar surface area (TPSA) is 91.7 Å². The fourth-order valence-electron chi connectivity index (χ4n) is 4.22. The molecule has 3 aromatic rings. The maximum Gasteiger partial charge on any atom is 0.319 e. The van der Waals surface area contributed by atoms with Gasteiger partial charge in [0, 0.05) is 57.6 Å². The van der Waals surface area contributed by atoms with Crippen molar-refractivity contribution < 1.29 is 18.7 Å². The van der Waals surface area contributed by atoms with E-state index in [1.54, 1.807) is 29.1 Å². The van der Waals surface area contributed by atoms with E-state index in [-0.39, 0.29) is 12.4 Å². The van der Waals surface area contributed by atoms with E-state index in [0.717, 1.165) is 54.7 Å². The lowest BCUT2D eigenvalue weighted by molar-refractivity contribution is -0.109. The van der Waals surface area contributed by atoms with Crippen molar-refractivity contribution in [1.29, 1.82) is 0 Å². The molecule has 0 aliphatic carbocycles. The van der Waals surface area contributed by atoms with Crippen LogP contribution in [0.25, 0.3) is 11.3 Å². The molecule has 0 spiro atoms. The Bertz CT molecular complexity index is 1210. The van der Waals surface area contributed by atoms with Crippen molar-refractivity contribution >= 4 is 33.9 Å². The molecular formula is C26H30BrFN6O3. The summed E-state index contributed by atoms with van der Waals surface area (Å²) >= 11 is 3.56. The predicted octanol–water partition coefficient (Wildman–Crippen LogP) is 3.51. The second kappa shape index (κ2) is 12.8. The van der Waals surface area contributed by atoms with Crippen LogP contribution in [0.2, 0.25) is 0 Å². The van der Waals surface area contributed by atoms with Gasteiger partial charge in [0.15, 0.2) is 0 Å². The van der Waals surface area contributed by atoms with Gasteiger partial charge in [0.2, 0.25) is 0 Å². The van der Waals surface area contributed by atoms with Crippen LogP contribution in [-0.4, -0.2) is 77.8 Å². The van der Waals surface area contributed by atoms with Crippen molar-refractivity contribution in [3.05, 3.63) is 64.5 Å². The molecule has 2 aromatic carbocycles. The number of aryl methyl sites for hydroxylation is 1. The maximum absolute atomic E-state index is 13.4. The molecule has 1 aliphatic heterocycles. The molecule has 1 saturated heterocycles. The average Bonchev–Trinajstić information content (AvgIpc) is 3.22. The molecule has 0 radical (unpaired) electrons. The van der Waals surface area contributed by atoms with Crippen LogP contribution in [0.5, 0.6) is 5.75 Å². The van der Waals surface area contributed by atoms with Gasteiger partial charge in [-0.15, -0.1) is 0 Å². The molecule has 0 saturated carbocycles. The van der Waals surface area contributed by atoms with Crippen molar-refractivity contribution in [3.8, 4) is 17.0 Å². The first kappa shape index (κ1) is 26.8. The zero-order chi connectivity index (χ0) is 26.2. The summed E-state index contributed by atoms with van der Waals surface area (Å²) in [7, 11) is 1.84. The number of aldehydes is 1. The van der Waals surface area contributed by atoms with Gasteiger partial charge in [-0.25, -0.2) is 9.18 Å². The van der Waals surface area contributed by atoms with E-state index >= 15 is 0 Å². The summed E-state index contributed by atoms with van der Waals surface area (Å²) in [6, 6.07) is 11.2. The van der Waals surface area contributed by atoms with Crippen molar-refractivity contribution in [3.63, 3.8) is 0 Å². The molecule has 0 atom stereocenters. The molecule has 4 rings (SSSR count). The SMILES string of the molecule is Cn1ncc(Br)c1-c1cc(NC(=O)NCc2cccc(F)c2)ccc1OCCN1CCN(CC=O)CC1. The van der Waals surface area contributed by atoms with Gasteiger partial charge in [-0.2, -0.15) is 5.10 Å². The number of halogens is 2. The van der Waals surface area contributed by atoms with Gasteiger partial charge in [-0.05, 0) is 51.8 Å². The van der Waals surface area contributed by atoms with Crippen LogP contribution in [0, 0.1) is 5.82 Å². The van der Waals surface area contributed by atoms with Crippen LogP contribution < -0.4 is 15.4 Å². The number of benzene rings is 2. The summed E-state index contributed by atoms with van der Waals surface area (Å²) in [4.78, 5) is 27.7. The van der Waals surface area contributed by atoms with Crippen molar-refractivity contribution in [2.24, 2.45) is 7.05 Å². The number of carbonyl (C=O) groups excluding carboxylic acids is 2. The van der Waals surface area contributed by atoms with Gasteiger partial charge in [-0.3, -0.25) is 14.5 Å². The largest absolute Gasteiger partial charge is 0.492 e. The fraction of sp³-hybridized carbons (Fsp3) is 0.346. The summed E-state index contributed by atoms with van der Waals surface area (Å²) in [6.07, 6.45) is 2.66. The Morgan fingerprint density at radius 1 is 1.16 bits per heavy atom. The van der Waals surface area contributed by atoms with Crippen LogP contribution in [0.3, 0.4) is 0 Å². The summed E-state index contributed by atoms with van der Waals surface area (Å²) < 4.78 is 22.1. The number of anilines is 1.